The molecule has 0 unspecified atom stereocenters. The van der Waals surface area contributed by atoms with Crippen LogP contribution in [0.3, 0.4) is 0 Å². The summed E-state index contributed by atoms with van der Waals surface area (Å²) in [5.41, 5.74) is 1.14. The van der Waals surface area contributed by atoms with Crippen molar-refractivity contribution < 1.29 is 19.4 Å². The van der Waals surface area contributed by atoms with E-state index in [0.29, 0.717) is 25.3 Å². The van der Waals surface area contributed by atoms with Crippen LogP contribution in [0.2, 0.25) is 0 Å². The SMILES string of the molecule is CCO[C@@H]1OC(C(=O)NCCc2ccccc2)=C[C@H](C(C)(C)C)[C@@H]1CCCO. The van der Waals surface area contributed by atoms with Gasteiger partial charge in [0, 0.05) is 25.7 Å². The topological polar surface area (TPSA) is 67.8 Å². The molecule has 1 heterocycles. The molecule has 2 rings (SSSR count). The highest BCUT2D eigenvalue weighted by molar-refractivity contribution is 5.91. The summed E-state index contributed by atoms with van der Waals surface area (Å²) in [5, 5.41) is 12.2. The molecule has 1 aromatic rings. The Labute approximate surface area is 169 Å². The Bertz CT molecular complexity index is 636. The van der Waals surface area contributed by atoms with Crippen molar-refractivity contribution in [3.05, 3.63) is 47.7 Å². The molecule has 28 heavy (non-hydrogen) atoms. The number of allylic oxidation sites excluding steroid dienone is 1. The molecule has 0 radical (unpaired) electrons. The van der Waals surface area contributed by atoms with E-state index in [1.807, 2.05) is 31.2 Å². The van der Waals surface area contributed by atoms with Gasteiger partial charge in [-0.25, -0.2) is 0 Å². The molecule has 0 aliphatic carbocycles. The van der Waals surface area contributed by atoms with E-state index in [1.165, 1.54) is 5.56 Å². The third kappa shape index (κ3) is 6.35. The van der Waals surface area contributed by atoms with Gasteiger partial charge in [0.2, 0.25) is 6.29 Å². The molecular formula is C23H35NO4. The zero-order valence-corrected chi connectivity index (χ0v) is 17.6. The number of nitrogens with one attached hydrogen (secondary N) is 1. The molecule has 0 saturated carbocycles. The van der Waals surface area contributed by atoms with Crippen molar-refractivity contribution in [3.8, 4) is 0 Å². The van der Waals surface area contributed by atoms with Crippen LogP contribution in [0.4, 0.5) is 0 Å². The first-order valence-corrected chi connectivity index (χ1v) is 10.3. The van der Waals surface area contributed by atoms with Gasteiger partial charge in [0.15, 0.2) is 5.76 Å². The first-order chi connectivity index (χ1) is 13.4. The maximum absolute atomic E-state index is 12.7. The van der Waals surface area contributed by atoms with Crippen molar-refractivity contribution in [2.24, 2.45) is 17.3 Å². The fraction of sp³-hybridized carbons (Fsp3) is 0.609. The lowest BCUT2D eigenvalue weighted by molar-refractivity contribution is -0.179. The van der Waals surface area contributed by atoms with E-state index < -0.39 is 6.29 Å². The van der Waals surface area contributed by atoms with E-state index in [9.17, 15) is 9.90 Å². The number of hydrogen-bond donors (Lipinski definition) is 2. The molecule has 0 saturated heterocycles. The Balaban J connectivity index is 2.10. The lowest BCUT2D eigenvalue weighted by atomic mass is 9.70. The van der Waals surface area contributed by atoms with Gasteiger partial charge < -0.3 is 19.9 Å². The van der Waals surface area contributed by atoms with Gasteiger partial charge >= 0.3 is 0 Å². The minimum absolute atomic E-state index is 0.0468. The Morgan fingerprint density at radius 2 is 1.96 bits per heavy atom. The summed E-state index contributed by atoms with van der Waals surface area (Å²) in [4.78, 5) is 12.7. The second kappa shape index (κ2) is 10.6. The summed E-state index contributed by atoms with van der Waals surface area (Å²) in [6, 6.07) is 10.1. The summed E-state index contributed by atoms with van der Waals surface area (Å²) >= 11 is 0. The van der Waals surface area contributed by atoms with Crippen LogP contribution in [0.5, 0.6) is 0 Å². The van der Waals surface area contributed by atoms with Crippen LogP contribution < -0.4 is 5.32 Å². The predicted molar refractivity (Wildman–Crippen MR) is 110 cm³/mol. The molecule has 1 amide bonds. The molecule has 0 spiro atoms. The van der Waals surface area contributed by atoms with Gasteiger partial charge in [-0.1, -0.05) is 51.1 Å². The molecule has 1 aliphatic heterocycles. The number of benzene rings is 1. The number of rotatable bonds is 9. The molecule has 0 aromatic heterocycles. The molecule has 0 bridgehead atoms. The van der Waals surface area contributed by atoms with E-state index in [1.54, 1.807) is 0 Å². The lowest BCUT2D eigenvalue weighted by Crippen LogP contribution is -2.43. The molecule has 3 atom stereocenters. The molecule has 156 valence electrons. The smallest absolute Gasteiger partial charge is 0.286 e. The number of carbonyl (C=O) groups is 1. The zero-order valence-electron chi connectivity index (χ0n) is 17.6. The van der Waals surface area contributed by atoms with Gasteiger partial charge in [-0.05, 0) is 49.2 Å². The van der Waals surface area contributed by atoms with Gasteiger partial charge in [0.05, 0.1) is 0 Å². The Hall–Kier alpha value is -1.85. The molecule has 0 fully saturated rings. The maximum Gasteiger partial charge on any atom is 0.286 e. The highest BCUT2D eigenvalue weighted by atomic mass is 16.7. The Morgan fingerprint density at radius 1 is 1.25 bits per heavy atom. The Morgan fingerprint density at radius 3 is 2.57 bits per heavy atom. The van der Waals surface area contributed by atoms with Crippen molar-refractivity contribution in [2.45, 2.75) is 53.2 Å². The number of carbonyl (C=O) groups excluding carboxylic acids is 1. The summed E-state index contributed by atoms with van der Waals surface area (Å²) in [6.45, 7) is 9.63. The van der Waals surface area contributed by atoms with Crippen molar-refractivity contribution >= 4 is 5.91 Å². The zero-order chi connectivity index (χ0) is 20.6. The van der Waals surface area contributed by atoms with Crippen LogP contribution in [-0.2, 0) is 20.7 Å². The number of amides is 1. The third-order valence-electron chi connectivity index (χ3n) is 5.18. The van der Waals surface area contributed by atoms with E-state index in [-0.39, 0.29) is 29.8 Å². The fourth-order valence-corrected chi connectivity index (χ4v) is 3.75. The number of ether oxygens (including phenoxy) is 2. The van der Waals surface area contributed by atoms with E-state index in [2.05, 4.69) is 38.2 Å². The van der Waals surface area contributed by atoms with Crippen LogP contribution in [0.15, 0.2) is 42.2 Å². The van der Waals surface area contributed by atoms with Crippen LogP contribution in [-0.4, -0.2) is 37.1 Å². The van der Waals surface area contributed by atoms with Crippen LogP contribution in [0, 0.1) is 17.3 Å². The van der Waals surface area contributed by atoms with Crippen molar-refractivity contribution in [1.82, 2.24) is 5.32 Å². The molecule has 1 aromatic carbocycles. The van der Waals surface area contributed by atoms with Crippen LogP contribution in [0.25, 0.3) is 0 Å². The van der Waals surface area contributed by atoms with Crippen molar-refractivity contribution in [1.29, 1.82) is 0 Å². The van der Waals surface area contributed by atoms with E-state index in [0.717, 1.165) is 12.8 Å². The number of aliphatic hydroxyl groups excluding tert-OH is 1. The molecule has 2 N–H and O–H groups in total. The normalized spacial score (nSPS) is 22.3. The quantitative estimate of drug-likeness (QED) is 0.676. The monoisotopic (exact) mass is 389 g/mol. The summed E-state index contributed by atoms with van der Waals surface area (Å²) in [5.74, 6) is 0.370. The van der Waals surface area contributed by atoms with Gasteiger partial charge in [0.25, 0.3) is 5.91 Å². The Kier molecular flexibility index (Phi) is 8.52. The molecule has 1 aliphatic rings. The van der Waals surface area contributed by atoms with Gasteiger partial charge in [-0.3, -0.25) is 4.79 Å². The molecule has 5 heteroatoms. The average Bonchev–Trinajstić information content (AvgIpc) is 2.66. The minimum atomic E-state index is -0.472. The minimum Gasteiger partial charge on any atom is -0.459 e. The predicted octanol–water partition coefficient (Wildman–Crippen LogP) is 3.67. The average molecular weight is 390 g/mol. The lowest BCUT2D eigenvalue weighted by Gasteiger charge is -2.42. The highest BCUT2D eigenvalue weighted by Crippen LogP contribution is 2.42. The van der Waals surface area contributed by atoms with Crippen LogP contribution in [0.1, 0.15) is 46.1 Å². The van der Waals surface area contributed by atoms with Crippen molar-refractivity contribution in [2.75, 3.05) is 19.8 Å². The summed E-state index contributed by atoms with van der Waals surface area (Å²) in [7, 11) is 0. The van der Waals surface area contributed by atoms with E-state index >= 15 is 0 Å². The second-order valence-electron chi connectivity index (χ2n) is 8.39. The number of aliphatic hydroxyl groups is 1. The van der Waals surface area contributed by atoms with Crippen LogP contribution >= 0.6 is 0 Å². The van der Waals surface area contributed by atoms with Crippen molar-refractivity contribution in [3.63, 3.8) is 0 Å². The van der Waals surface area contributed by atoms with E-state index in [4.69, 9.17) is 9.47 Å². The van der Waals surface area contributed by atoms with Gasteiger partial charge in [-0.15, -0.1) is 0 Å². The fourth-order valence-electron chi connectivity index (χ4n) is 3.75. The number of hydrogen-bond acceptors (Lipinski definition) is 4. The largest absolute Gasteiger partial charge is 0.459 e. The standard InChI is InChI=1S/C23H35NO4/c1-5-27-22-18(12-9-15-25)19(23(2,3)4)16-20(28-22)21(26)24-14-13-17-10-7-6-8-11-17/h6-8,10-11,16,18-19,22,25H,5,9,12-15H2,1-4H3,(H,24,26)/t18-,19-,22+/m0/s1. The second-order valence-corrected chi connectivity index (χ2v) is 8.39. The van der Waals surface area contributed by atoms with Gasteiger partial charge in [0.1, 0.15) is 0 Å². The van der Waals surface area contributed by atoms with Gasteiger partial charge in [-0.2, -0.15) is 0 Å². The maximum atomic E-state index is 12.7. The summed E-state index contributed by atoms with van der Waals surface area (Å²) in [6.07, 6.45) is 3.74. The molecule has 5 nitrogen and oxygen atoms in total. The first-order valence-electron chi connectivity index (χ1n) is 10.3. The first kappa shape index (κ1) is 22.4. The highest BCUT2D eigenvalue weighted by Gasteiger charge is 2.42. The third-order valence-corrected chi connectivity index (χ3v) is 5.18. The molecular weight excluding hydrogens is 354 g/mol. The summed E-state index contributed by atoms with van der Waals surface area (Å²) < 4.78 is 11.8.